The maximum absolute atomic E-state index is 13.0. The van der Waals surface area contributed by atoms with Crippen LogP contribution in [0.3, 0.4) is 0 Å². The summed E-state index contributed by atoms with van der Waals surface area (Å²) in [6, 6.07) is 3.46. The number of aromatic amines is 1. The van der Waals surface area contributed by atoms with Crippen molar-refractivity contribution in [3.05, 3.63) is 46.1 Å². The monoisotopic (exact) mass is 483 g/mol. The van der Waals surface area contributed by atoms with Crippen LogP contribution in [0.5, 0.6) is 0 Å². The number of H-pyrrole nitrogens is 1. The van der Waals surface area contributed by atoms with Gasteiger partial charge in [-0.2, -0.15) is 5.10 Å². The highest BCUT2D eigenvalue weighted by molar-refractivity contribution is 5.95. The molecule has 35 heavy (non-hydrogen) atoms. The molecule has 2 fully saturated rings. The van der Waals surface area contributed by atoms with Gasteiger partial charge in [0, 0.05) is 32.4 Å². The lowest BCUT2D eigenvalue weighted by atomic mass is 9.72. The van der Waals surface area contributed by atoms with Crippen molar-refractivity contribution in [2.24, 2.45) is 5.41 Å². The lowest BCUT2D eigenvalue weighted by Crippen LogP contribution is -2.59. The Kier molecular flexibility index (Phi) is 6.54. The van der Waals surface area contributed by atoms with Gasteiger partial charge in [0.05, 0.1) is 17.5 Å². The van der Waals surface area contributed by atoms with E-state index in [4.69, 9.17) is 0 Å². The zero-order chi connectivity index (χ0) is 25.4. The predicted molar refractivity (Wildman–Crippen MR) is 130 cm³/mol. The summed E-state index contributed by atoms with van der Waals surface area (Å²) in [5.74, 6) is 0.288. The number of carbonyl (C=O) groups excluding carboxylic acids is 2. The van der Waals surface area contributed by atoms with Gasteiger partial charge in [-0.3, -0.25) is 19.4 Å². The first-order valence-corrected chi connectivity index (χ1v) is 11.7. The second kappa shape index (κ2) is 9.29. The molecule has 0 aliphatic carbocycles. The van der Waals surface area contributed by atoms with E-state index in [9.17, 15) is 14.4 Å². The molecule has 1 N–H and O–H groups in total. The minimum absolute atomic E-state index is 0.00401. The van der Waals surface area contributed by atoms with Crippen LogP contribution in [0.25, 0.3) is 11.5 Å². The number of aromatic nitrogens is 5. The van der Waals surface area contributed by atoms with E-state index in [-0.39, 0.29) is 17.1 Å². The Hall–Kier alpha value is -3.47. The SMILES string of the molecule is CC(C)(C)OC=O.Cc1c(C(=O)N2CCC3(CC2)CN(C)C3)cnn1-c1nn2cccc2c(=O)[nH]1. The highest BCUT2D eigenvalue weighted by Gasteiger charge is 2.44. The molecular weight excluding hydrogens is 450 g/mol. The number of amides is 1. The zero-order valence-corrected chi connectivity index (χ0v) is 20.9. The van der Waals surface area contributed by atoms with Crippen molar-refractivity contribution in [1.29, 1.82) is 0 Å². The summed E-state index contributed by atoms with van der Waals surface area (Å²) >= 11 is 0. The van der Waals surface area contributed by atoms with Gasteiger partial charge in [0.15, 0.2) is 0 Å². The smallest absolute Gasteiger partial charge is 0.293 e. The van der Waals surface area contributed by atoms with Gasteiger partial charge in [-0.25, -0.2) is 9.20 Å². The van der Waals surface area contributed by atoms with Crippen LogP contribution >= 0.6 is 0 Å². The summed E-state index contributed by atoms with van der Waals surface area (Å²) in [4.78, 5) is 41.9. The number of fused-ring (bicyclic) bond motifs is 1. The van der Waals surface area contributed by atoms with Gasteiger partial charge in [0.1, 0.15) is 11.1 Å². The van der Waals surface area contributed by atoms with Gasteiger partial charge in [-0.1, -0.05) is 0 Å². The molecule has 2 aliphatic rings. The van der Waals surface area contributed by atoms with E-state index in [2.05, 4.69) is 31.9 Å². The molecular formula is C24H33N7O4. The van der Waals surface area contributed by atoms with E-state index in [1.54, 1.807) is 24.5 Å². The van der Waals surface area contributed by atoms with Crippen molar-refractivity contribution in [3.8, 4) is 5.95 Å². The molecule has 5 rings (SSSR count). The van der Waals surface area contributed by atoms with Gasteiger partial charge < -0.3 is 14.5 Å². The Morgan fingerprint density at radius 2 is 1.91 bits per heavy atom. The number of rotatable bonds is 3. The first-order chi connectivity index (χ1) is 16.5. The van der Waals surface area contributed by atoms with Crippen LogP contribution in [0, 0.1) is 12.3 Å². The molecule has 188 valence electrons. The fourth-order valence-corrected chi connectivity index (χ4v) is 4.77. The molecule has 0 unspecified atom stereocenters. The topological polar surface area (TPSA) is 118 Å². The Bertz CT molecular complexity index is 1270. The predicted octanol–water partition coefficient (Wildman–Crippen LogP) is 1.64. The third-order valence-electron chi connectivity index (χ3n) is 6.55. The second-order valence-electron chi connectivity index (χ2n) is 10.5. The summed E-state index contributed by atoms with van der Waals surface area (Å²) in [7, 11) is 2.14. The average Bonchev–Trinajstić information content (AvgIpc) is 3.39. The molecule has 1 spiro atoms. The van der Waals surface area contributed by atoms with Crippen molar-refractivity contribution in [2.45, 2.75) is 46.1 Å². The van der Waals surface area contributed by atoms with Crippen LogP contribution in [0.4, 0.5) is 0 Å². The first-order valence-electron chi connectivity index (χ1n) is 11.7. The van der Waals surface area contributed by atoms with Crippen molar-refractivity contribution in [1.82, 2.24) is 34.2 Å². The molecule has 0 aromatic carbocycles. The number of carbonyl (C=O) groups is 2. The lowest BCUT2D eigenvalue weighted by Gasteiger charge is -2.52. The first kappa shape index (κ1) is 24.6. The molecule has 0 atom stereocenters. The Balaban J connectivity index is 0.000000364. The number of nitrogens with one attached hydrogen (secondary N) is 1. The molecule has 11 heteroatoms. The highest BCUT2D eigenvalue weighted by Crippen LogP contribution is 2.39. The fraction of sp³-hybridized carbons (Fsp3) is 0.542. The van der Waals surface area contributed by atoms with Gasteiger partial charge >= 0.3 is 0 Å². The van der Waals surface area contributed by atoms with Crippen LogP contribution in [0.15, 0.2) is 29.3 Å². The van der Waals surface area contributed by atoms with Crippen molar-refractivity contribution in [3.63, 3.8) is 0 Å². The van der Waals surface area contributed by atoms with E-state index in [1.165, 1.54) is 9.20 Å². The Morgan fingerprint density at radius 1 is 1.23 bits per heavy atom. The van der Waals surface area contributed by atoms with E-state index < -0.39 is 0 Å². The maximum atomic E-state index is 13.0. The van der Waals surface area contributed by atoms with E-state index in [1.807, 2.05) is 32.6 Å². The van der Waals surface area contributed by atoms with Crippen LogP contribution in [-0.2, 0) is 9.53 Å². The quantitative estimate of drug-likeness (QED) is 0.563. The molecule has 1 amide bonds. The highest BCUT2D eigenvalue weighted by atomic mass is 16.5. The zero-order valence-electron chi connectivity index (χ0n) is 20.9. The minimum Gasteiger partial charge on any atom is -0.462 e. The van der Waals surface area contributed by atoms with Crippen molar-refractivity contribution < 1.29 is 14.3 Å². The van der Waals surface area contributed by atoms with E-state index in [0.29, 0.717) is 34.6 Å². The fourth-order valence-electron chi connectivity index (χ4n) is 4.77. The Morgan fingerprint density at radius 3 is 2.49 bits per heavy atom. The number of piperidine rings is 1. The van der Waals surface area contributed by atoms with Gasteiger partial charge in [0.25, 0.3) is 17.9 Å². The van der Waals surface area contributed by atoms with Gasteiger partial charge in [-0.05, 0) is 65.1 Å². The molecule has 0 saturated carbocycles. The van der Waals surface area contributed by atoms with Gasteiger partial charge in [-0.15, -0.1) is 5.10 Å². The van der Waals surface area contributed by atoms with Crippen molar-refractivity contribution >= 4 is 17.9 Å². The lowest BCUT2D eigenvalue weighted by molar-refractivity contribution is -0.138. The molecule has 3 aromatic heterocycles. The van der Waals surface area contributed by atoms with Crippen LogP contribution < -0.4 is 5.56 Å². The molecule has 5 heterocycles. The summed E-state index contributed by atoms with van der Waals surface area (Å²) in [6.07, 6.45) is 5.38. The summed E-state index contributed by atoms with van der Waals surface area (Å²) in [5.41, 5.74) is 1.53. The molecule has 11 nitrogen and oxygen atoms in total. The summed E-state index contributed by atoms with van der Waals surface area (Å²) in [5, 5.41) is 8.71. The maximum Gasteiger partial charge on any atom is 0.293 e. The van der Waals surface area contributed by atoms with Gasteiger partial charge in [0.2, 0.25) is 5.95 Å². The van der Waals surface area contributed by atoms with E-state index >= 15 is 0 Å². The minimum atomic E-state index is -0.318. The summed E-state index contributed by atoms with van der Waals surface area (Å²) in [6.45, 7) is 11.6. The number of ether oxygens (including phenoxy) is 1. The molecule has 0 radical (unpaired) electrons. The Labute approximate surface area is 203 Å². The third-order valence-corrected chi connectivity index (χ3v) is 6.55. The van der Waals surface area contributed by atoms with Crippen LogP contribution in [0.1, 0.15) is 49.7 Å². The van der Waals surface area contributed by atoms with Crippen LogP contribution in [-0.4, -0.2) is 85.4 Å². The molecule has 2 saturated heterocycles. The second-order valence-corrected chi connectivity index (χ2v) is 10.5. The third kappa shape index (κ3) is 5.14. The number of hydrogen-bond donors (Lipinski definition) is 1. The van der Waals surface area contributed by atoms with E-state index in [0.717, 1.165) is 39.0 Å². The summed E-state index contributed by atoms with van der Waals surface area (Å²) < 4.78 is 7.57. The average molecular weight is 484 g/mol. The largest absolute Gasteiger partial charge is 0.462 e. The molecule has 2 aliphatic heterocycles. The standard InChI is InChI=1S/C19H23N7O2.C5H10O2/c1-13-14(17(28)24-8-5-19(6-9-24)11-23(2)12-19)10-20-26(13)18-21-16(27)15-4-3-7-25(15)22-18;1-5(2,3)7-4-6/h3-4,7,10H,5-6,8-9,11-12H2,1-2H3,(H,21,22,27);4H,1-3H3. The normalized spacial score (nSPS) is 17.6. The molecule has 0 bridgehead atoms. The van der Waals surface area contributed by atoms with Crippen LogP contribution in [0.2, 0.25) is 0 Å². The number of hydrogen-bond acceptors (Lipinski definition) is 7. The van der Waals surface area contributed by atoms with Crippen molar-refractivity contribution in [2.75, 3.05) is 33.2 Å². The number of nitrogens with zero attached hydrogens (tertiary/aromatic N) is 6. The number of likely N-dealkylation sites (tertiary alicyclic amines) is 2. The molecule has 3 aromatic rings.